The van der Waals surface area contributed by atoms with Crippen molar-refractivity contribution in [3.63, 3.8) is 0 Å². The average Bonchev–Trinajstić information content (AvgIpc) is 2.53. The van der Waals surface area contributed by atoms with E-state index in [4.69, 9.17) is 0 Å². The third-order valence-corrected chi connectivity index (χ3v) is 3.32. The van der Waals surface area contributed by atoms with Gasteiger partial charge < -0.3 is 10.6 Å². The van der Waals surface area contributed by atoms with Crippen molar-refractivity contribution in [1.29, 1.82) is 0 Å². The van der Waals surface area contributed by atoms with Crippen molar-refractivity contribution < 1.29 is 18.0 Å². The Morgan fingerprint density at radius 2 is 1.78 bits per heavy atom. The van der Waals surface area contributed by atoms with E-state index in [-0.39, 0.29) is 24.2 Å². The van der Waals surface area contributed by atoms with Gasteiger partial charge in [-0.1, -0.05) is 36.4 Å². The number of rotatable bonds is 5. The van der Waals surface area contributed by atoms with Crippen molar-refractivity contribution in [3.05, 3.63) is 65.7 Å². The van der Waals surface area contributed by atoms with E-state index >= 15 is 0 Å². The third-order valence-electron chi connectivity index (χ3n) is 3.32. The maximum Gasteiger partial charge on any atom is 0.416 e. The van der Waals surface area contributed by atoms with Crippen LogP contribution in [0.25, 0.3) is 0 Å². The molecule has 2 aromatic rings. The molecule has 23 heavy (non-hydrogen) atoms. The number of amides is 1. The summed E-state index contributed by atoms with van der Waals surface area (Å²) in [5.74, 6) is -0.293. The van der Waals surface area contributed by atoms with Gasteiger partial charge in [-0.2, -0.15) is 13.2 Å². The molecule has 0 spiro atoms. The highest BCUT2D eigenvalue weighted by molar-refractivity contribution is 5.81. The van der Waals surface area contributed by atoms with Gasteiger partial charge in [0.1, 0.15) is 0 Å². The van der Waals surface area contributed by atoms with Crippen LogP contribution in [-0.4, -0.2) is 12.5 Å². The molecule has 0 unspecified atom stereocenters. The lowest BCUT2D eigenvalue weighted by Crippen LogP contribution is -2.32. The summed E-state index contributed by atoms with van der Waals surface area (Å²) in [4.78, 5) is 11.9. The van der Waals surface area contributed by atoms with Crippen LogP contribution in [0.15, 0.2) is 54.6 Å². The van der Waals surface area contributed by atoms with Crippen LogP contribution in [0.4, 0.5) is 18.9 Å². The maximum atomic E-state index is 12.6. The normalized spacial score (nSPS) is 12.5. The summed E-state index contributed by atoms with van der Waals surface area (Å²) in [6.45, 7) is 1.75. The van der Waals surface area contributed by atoms with Gasteiger partial charge in [0.15, 0.2) is 0 Å². The summed E-state index contributed by atoms with van der Waals surface area (Å²) in [6.07, 6.45) is -4.40. The number of nitrogens with one attached hydrogen (secondary N) is 2. The molecule has 0 fully saturated rings. The second-order valence-corrected chi connectivity index (χ2v) is 5.13. The lowest BCUT2D eigenvalue weighted by molar-refractivity contribution is -0.137. The number of carbonyl (C=O) groups excluding carboxylic acids is 1. The number of alkyl halides is 3. The van der Waals surface area contributed by atoms with E-state index in [2.05, 4.69) is 10.6 Å². The van der Waals surface area contributed by atoms with Crippen LogP contribution in [0.2, 0.25) is 0 Å². The van der Waals surface area contributed by atoms with Crippen molar-refractivity contribution in [2.75, 3.05) is 11.9 Å². The molecular weight excluding hydrogens is 305 g/mol. The van der Waals surface area contributed by atoms with Gasteiger partial charge in [0.05, 0.1) is 18.2 Å². The van der Waals surface area contributed by atoms with Crippen molar-refractivity contribution in [2.24, 2.45) is 0 Å². The summed E-state index contributed by atoms with van der Waals surface area (Å²) in [5.41, 5.74) is 0.461. The molecular formula is C17H17F3N2O. The predicted molar refractivity (Wildman–Crippen MR) is 82.9 cm³/mol. The summed E-state index contributed by atoms with van der Waals surface area (Å²) in [6, 6.07) is 14.0. The first-order valence-electron chi connectivity index (χ1n) is 7.11. The van der Waals surface area contributed by atoms with E-state index < -0.39 is 11.7 Å². The fraction of sp³-hybridized carbons (Fsp3) is 0.235. The Bertz CT molecular complexity index is 656. The molecule has 0 aliphatic heterocycles. The van der Waals surface area contributed by atoms with E-state index in [0.29, 0.717) is 0 Å². The number of hydrogen-bond acceptors (Lipinski definition) is 2. The van der Waals surface area contributed by atoms with Gasteiger partial charge in [-0.05, 0) is 30.7 Å². The van der Waals surface area contributed by atoms with Gasteiger partial charge in [0.2, 0.25) is 5.91 Å². The Morgan fingerprint density at radius 3 is 2.43 bits per heavy atom. The molecule has 0 aromatic heterocycles. The van der Waals surface area contributed by atoms with Gasteiger partial charge in [-0.25, -0.2) is 0 Å². The quantitative estimate of drug-likeness (QED) is 0.874. The van der Waals surface area contributed by atoms with Crippen LogP contribution in [0.5, 0.6) is 0 Å². The topological polar surface area (TPSA) is 41.1 Å². The molecule has 122 valence electrons. The largest absolute Gasteiger partial charge is 0.416 e. The minimum atomic E-state index is -4.40. The number of benzene rings is 2. The molecule has 0 saturated carbocycles. The Labute approximate surface area is 132 Å². The summed E-state index contributed by atoms with van der Waals surface area (Å²) in [5, 5.41) is 5.49. The summed E-state index contributed by atoms with van der Waals surface area (Å²) in [7, 11) is 0. The molecule has 1 amide bonds. The first kappa shape index (κ1) is 16.9. The van der Waals surface area contributed by atoms with Crippen LogP contribution in [0, 0.1) is 0 Å². The van der Waals surface area contributed by atoms with E-state index in [1.807, 2.05) is 37.3 Å². The highest BCUT2D eigenvalue weighted by Gasteiger charge is 2.30. The van der Waals surface area contributed by atoms with E-state index in [1.165, 1.54) is 12.1 Å². The van der Waals surface area contributed by atoms with E-state index in [0.717, 1.165) is 17.7 Å². The number of hydrogen-bond donors (Lipinski definition) is 2. The molecule has 0 aliphatic rings. The number of anilines is 1. The maximum absolute atomic E-state index is 12.6. The minimum Gasteiger partial charge on any atom is -0.376 e. The van der Waals surface area contributed by atoms with Crippen molar-refractivity contribution in [2.45, 2.75) is 19.1 Å². The standard InChI is InChI=1S/C17H17F3N2O/c1-12(13-6-3-2-4-7-13)22-16(23)11-21-15-9-5-8-14(10-15)17(18,19)20/h2-10,12,21H,11H2,1H3,(H,22,23)/t12-/m0/s1. The summed E-state index contributed by atoms with van der Waals surface area (Å²) >= 11 is 0. The van der Waals surface area contributed by atoms with Gasteiger partial charge in [0, 0.05) is 5.69 Å². The Balaban J connectivity index is 1.90. The van der Waals surface area contributed by atoms with Crippen molar-refractivity contribution in [1.82, 2.24) is 5.32 Å². The Kier molecular flexibility index (Phi) is 5.26. The average molecular weight is 322 g/mol. The second kappa shape index (κ2) is 7.17. The Hall–Kier alpha value is -2.50. The van der Waals surface area contributed by atoms with Gasteiger partial charge in [0.25, 0.3) is 0 Å². The van der Waals surface area contributed by atoms with Crippen LogP contribution in [0.3, 0.4) is 0 Å². The van der Waals surface area contributed by atoms with Crippen LogP contribution in [-0.2, 0) is 11.0 Å². The van der Waals surface area contributed by atoms with Crippen LogP contribution >= 0.6 is 0 Å². The van der Waals surface area contributed by atoms with Gasteiger partial charge in [-0.15, -0.1) is 0 Å². The van der Waals surface area contributed by atoms with E-state index in [1.54, 1.807) is 0 Å². The molecule has 3 nitrogen and oxygen atoms in total. The molecule has 2 rings (SSSR count). The molecule has 0 heterocycles. The van der Waals surface area contributed by atoms with Crippen LogP contribution in [0.1, 0.15) is 24.1 Å². The zero-order valence-electron chi connectivity index (χ0n) is 12.5. The monoisotopic (exact) mass is 322 g/mol. The molecule has 0 saturated heterocycles. The highest BCUT2D eigenvalue weighted by Crippen LogP contribution is 2.30. The second-order valence-electron chi connectivity index (χ2n) is 5.13. The molecule has 6 heteroatoms. The third kappa shape index (κ3) is 5.02. The Morgan fingerprint density at radius 1 is 1.09 bits per heavy atom. The molecule has 2 N–H and O–H groups in total. The van der Waals surface area contributed by atoms with Crippen LogP contribution < -0.4 is 10.6 Å². The number of carbonyl (C=O) groups is 1. The fourth-order valence-corrected chi connectivity index (χ4v) is 2.11. The fourth-order valence-electron chi connectivity index (χ4n) is 2.11. The first-order chi connectivity index (χ1) is 10.9. The smallest absolute Gasteiger partial charge is 0.376 e. The molecule has 2 aromatic carbocycles. The zero-order valence-corrected chi connectivity index (χ0v) is 12.5. The SMILES string of the molecule is C[C@H](NC(=O)CNc1cccc(C(F)(F)F)c1)c1ccccc1. The lowest BCUT2D eigenvalue weighted by Gasteiger charge is -2.15. The van der Waals surface area contributed by atoms with Gasteiger partial charge >= 0.3 is 6.18 Å². The predicted octanol–water partition coefficient (Wildman–Crippen LogP) is 3.99. The molecule has 0 radical (unpaired) electrons. The minimum absolute atomic E-state index is 0.0987. The molecule has 0 bridgehead atoms. The number of halogens is 3. The van der Waals surface area contributed by atoms with Gasteiger partial charge in [-0.3, -0.25) is 4.79 Å². The molecule has 0 aliphatic carbocycles. The zero-order chi connectivity index (χ0) is 16.9. The highest BCUT2D eigenvalue weighted by atomic mass is 19.4. The first-order valence-corrected chi connectivity index (χ1v) is 7.11. The molecule has 1 atom stereocenters. The van der Waals surface area contributed by atoms with Crippen molar-refractivity contribution in [3.8, 4) is 0 Å². The van der Waals surface area contributed by atoms with Crippen molar-refractivity contribution >= 4 is 11.6 Å². The van der Waals surface area contributed by atoms with E-state index in [9.17, 15) is 18.0 Å². The lowest BCUT2D eigenvalue weighted by atomic mass is 10.1. The summed E-state index contributed by atoms with van der Waals surface area (Å²) < 4.78 is 37.9.